The SMILES string of the molecule is NCC(c1ccc(F)cc1)N1CCN(c2ncnc3c2OCCN3)CC1. The zero-order valence-corrected chi connectivity index (χ0v) is 14.6. The van der Waals surface area contributed by atoms with Crippen molar-refractivity contribution >= 4 is 11.6 Å². The molecule has 1 atom stereocenters. The molecule has 7 nitrogen and oxygen atoms in total. The molecular weight excluding hydrogens is 335 g/mol. The Bertz CT molecular complexity index is 748. The van der Waals surface area contributed by atoms with Crippen LogP contribution in [0.4, 0.5) is 16.0 Å². The maximum atomic E-state index is 13.2. The molecule has 0 amide bonds. The van der Waals surface area contributed by atoms with Crippen LogP contribution in [-0.2, 0) is 0 Å². The Morgan fingerprint density at radius 1 is 1.15 bits per heavy atom. The van der Waals surface area contributed by atoms with E-state index in [0.717, 1.165) is 55.7 Å². The van der Waals surface area contributed by atoms with E-state index in [1.165, 1.54) is 12.1 Å². The smallest absolute Gasteiger partial charge is 0.204 e. The fraction of sp³-hybridized carbons (Fsp3) is 0.444. The van der Waals surface area contributed by atoms with E-state index < -0.39 is 0 Å². The lowest BCUT2D eigenvalue weighted by Gasteiger charge is -2.40. The Morgan fingerprint density at radius 3 is 2.65 bits per heavy atom. The molecule has 138 valence electrons. The highest BCUT2D eigenvalue weighted by atomic mass is 19.1. The minimum absolute atomic E-state index is 0.0926. The van der Waals surface area contributed by atoms with Gasteiger partial charge in [-0.15, -0.1) is 0 Å². The van der Waals surface area contributed by atoms with Crippen LogP contribution in [0.1, 0.15) is 11.6 Å². The molecule has 3 N–H and O–H groups in total. The van der Waals surface area contributed by atoms with Crippen molar-refractivity contribution in [2.75, 3.05) is 56.1 Å². The fourth-order valence-corrected chi connectivity index (χ4v) is 3.60. The average molecular weight is 358 g/mol. The predicted octanol–water partition coefficient (Wildman–Crippen LogP) is 1.24. The van der Waals surface area contributed by atoms with E-state index >= 15 is 0 Å². The number of ether oxygens (including phenoxy) is 1. The lowest BCUT2D eigenvalue weighted by molar-refractivity contribution is 0.189. The third kappa shape index (κ3) is 3.30. The second-order valence-corrected chi connectivity index (χ2v) is 6.48. The molecule has 1 fully saturated rings. The van der Waals surface area contributed by atoms with Crippen molar-refractivity contribution in [1.29, 1.82) is 0 Å². The van der Waals surface area contributed by atoms with Gasteiger partial charge in [-0.3, -0.25) is 4.90 Å². The van der Waals surface area contributed by atoms with Gasteiger partial charge in [-0.2, -0.15) is 0 Å². The molecule has 2 aliphatic heterocycles. The largest absolute Gasteiger partial charge is 0.485 e. The Hall–Kier alpha value is -2.45. The van der Waals surface area contributed by atoms with Gasteiger partial charge in [-0.1, -0.05) is 12.1 Å². The Balaban J connectivity index is 1.46. The van der Waals surface area contributed by atoms with Crippen LogP contribution in [0, 0.1) is 5.82 Å². The minimum atomic E-state index is -0.225. The van der Waals surface area contributed by atoms with Gasteiger partial charge in [0.25, 0.3) is 0 Å². The normalized spacial score (nSPS) is 18.6. The first-order chi connectivity index (χ1) is 12.8. The Kier molecular flexibility index (Phi) is 4.85. The zero-order chi connectivity index (χ0) is 17.9. The first-order valence-corrected chi connectivity index (χ1v) is 8.92. The molecule has 0 radical (unpaired) electrons. The van der Waals surface area contributed by atoms with Gasteiger partial charge < -0.3 is 20.7 Å². The van der Waals surface area contributed by atoms with Gasteiger partial charge in [-0.05, 0) is 17.7 Å². The molecule has 0 aliphatic carbocycles. The number of nitrogens with one attached hydrogen (secondary N) is 1. The number of halogens is 1. The Labute approximate surface area is 152 Å². The van der Waals surface area contributed by atoms with E-state index in [2.05, 4.69) is 25.1 Å². The molecule has 1 aromatic carbocycles. The molecular formula is C18H23FN6O. The predicted molar refractivity (Wildman–Crippen MR) is 98.0 cm³/mol. The van der Waals surface area contributed by atoms with E-state index in [1.807, 2.05) is 12.1 Å². The third-order valence-electron chi connectivity index (χ3n) is 4.96. The van der Waals surface area contributed by atoms with Crippen molar-refractivity contribution in [3.8, 4) is 5.75 Å². The summed E-state index contributed by atoms with van der Waals surface area (Å²) >= 11 is 0. The third-order valence-corrected chi connectivity index (χ3v) is 4.96. The summed E-state index contributed by atoms with van der Waals surface area (Å²) < 4.78 is 19.0. The van der Waals surface area contributed by atoms with Gasteiger partial charge in [-0.25, -0.2) is 14.4 Å². The molecule has 0 saturated carbocycles. The molecule has 0 bridgehead atoms. The van der Waals surface area contributed by atoms with Crippen LogP contribution in [0.3, 0.4) is 0 Å². The maximum absolute atomic E-state index is 13.2. The van der Waals surface area contributed by atoms with Crippen LogP contribution < -0.4 is 20.7 Å². The first-order valence-electron chi connectivity index (χ1n) is 8.92. The summed E-state index contributed by atoms with van der Waals surface area (Å²) in [6.07, 6.45) is 1.57. The molecule has 2 aliphatic rings. The standard InChI is InChI=1S/C18H23FN6O/c19-14-3-1-13(2-4-14)15(11-20)24-6-8-25(9-7-24)18-16-17(22-12-23-18)21-5-10-26-16/h1-4,12,15H,5-11,20H2,(H,21,22,23). The number of rotatable bonds is 4. The van der Waals surface area contributed by atoms with Crippen molar-refractivity contribution < 1.29 is 9.13 Å². The van der Waals surface area contributed by atoms with Crippen molar-refractivity contribution in [2.24, 2.45) is 5.73 Å². The summed E-state index contributed by atoms with van der Waals surface area (Å²) in [5, 5.41) is 3.24. The summed E-state index contributed by atoms with van der Waals surface area (Å²) in [6, 6.07) is 6.71. The van der Waals surface area contributed by atoms with Gasteiger partial charge in [0.05, 0.1) is 6.54 Å². The second kappa shape index (κ2) is 7.43. The molecule has 0 spiro atoms. The number of nitrogens with two attached hydrogens (primary N) is 1. The lowest BCUT2D eigenvalue weighted by Crippen LogP contribution is -2.49. The lowest BCUT2D eigenvalue weighted by atomic mass is 10.0. The summed E-state index contributed by atoms with van der Waals surface area (Å²) in [7, 11) is 0. The number of hydrogen-bond donors (Lipinski definition) is 2. The monoisotopic (exact) mass is 358 g/mol. The number of nitrogens with zero attached hydrogens (tertiary/aromatic N) is 4. The molecule has 26 heavy (non-hydrogen) atoms. The van der Waals surface area contributed by atoms with E-state index in [0.29, 0.717) is 13.2 Å². The molecule has 1 aromatic heterocycles. The van der Waals surface area contributed by atoms with Gasteiger partial charge in [0.15, 0.2) is 11.6 Å². The summed E-state index contributed by atoms with van der Waals surface area (Å²) in [4.78, 5) is 13.3. The number of anilines is 2. The topological polar surface area (TPSA) is 79.5 Å². The quantitative estimate of drug-likeness (QED) is 0.851. The van der Waals surface area contributed by atoms with Crippen LogP contribution in [0.15, 0.2) is 30.6 Å². The van der Waals surface area contributed by atoms with Gasteiger partial charge in [0.1, 0.15) is 18.8 Å². The average Bonchev–Trinajstić information content (AvgIpc) is 2.70. The van der Waals surface area contributed by atoms with Gasteiger partial charge in [0.2, 0.25) is 5.75 Å². The van der Waals surface area contributed by atoms with E-state index in [1.54, 1.807) is 6.33 Å². The van der Waals surface area contributed by atoms with Crippen molar-refractivity contribution in [3.63, 3.8) is 0 Å². The summed E-state index contributed by atoms with van der Waals surface area (Å²) in [6.45, 7) is 5.23. The van der Waals surface area contributed by atoms with Crippen molar-refractivity contribution in [2.45, 2.75) is 6.04 Å². The number of fused-ring (bicyclic) bond motifs is 1. The molecule has 8 heteroatoms. The summed E-state index contributed by atoms with van der Waals surface area (Å²) in [5.41, 5.74) is 7.06. The number of piperazine rings is 1. The second-order valence-electron chi connectivity index (χ2n) is 6.48. The van der Waals surface area contributed by atoms with E-state index in [4.69, 9.17) is 10.5 Å². The van der Waals surface area contributed by atoms with Crippen molar-refractivity contribution in [1.82, 2.24) is 14.9 Å². The fourth-order valence-electron chi connectivity index (χ4n) is 3.60. The van der Waals surface area contributed by atoms with E-state index in [9.17, 15) is 4.39 Å². The molecule has 3 heterocycles. The Morgan fingerprint density at radius 2 is 1.92 bits per heavy atom. The summed E-state index contributed by atoms with van der Waals surface area (Å²) in [5.74, 6) is 2.11. The van der Waals surface area contributed by atoms with Crippen LogP contribution in [0.5, 0.6) is 5.75 Å². The van der Waals surface area contributed by atoms with Crippen molar-refractivity contribution in [3.05, 3.63) is 42.0 Å². The highest BCUT2D eigenvalue weighted by Crippen LogP contribution is 2.34. The van der Waals surface area contributed by atoms with Gasteiger partial charge in [0, 0.05) is 38.8 Å². The van der Waals surface area contributed by atoms with Crippen LogP contribution in [0.2, 0.25) is 0 Å². The zero-order valence-electron chi connectivity index (χ0n) is 14.6. The maximum Gasteiger partial charge on any atom is 0.204 e. The number of aromatic nitrogens is 2. The highest BCUT2D eigenvalue weighted by molar-refractivity contribution is 5.65. The molecule has 2 aromatic rings. The molecule has 1 unspecified atom stereocenters. The first kappa shape index (κ1) is 17.0. The molecule has 1 saturated heterocycles. The van der Waals surface area contributed by atoms with E-state index in [-0.39, 0.29) is 11.9 Å². The number of hydrogen-bond acceptors (Lipinski definition) is 7. The number of benzene rings is 1. The van der Waals surface area contributed by atoms with Crippen LogP contribution in [0.25, 0.3) is 0 Å². The van der Waals surface area contributed by atoms with Crippen LogP contribution in [-0.4, -0.2) is 60.7 Å². The van der Waals surface area contributed by atoms with Crippen LogP contribution >= 0.6 is 0 Å². The van der Waals surface area contributed by atoms with Gasteiger partial charge >= 0.3 is 0 Å². The molecule has 4 rings (SSSR count). The minimum Gasteiger partial charge on any atom is -0.485 e. The highest BCUT2D eigenvalue weighted by Gasteiger charge is 2.28.